The van der Waals surface area contributed by atoms with E-state index in [2.05, 4.69) is 5.32 Å². The smallest absolute Gasteiger partial charge is 0.268 e. The number of fused-ring (bicyclic) bond motifs is 1. The lowest BCUT2D eigenvalue weighted by atomic mass is 10.1. The number of hydrogen-bond donors (Lipinski definition) is 1. The maximum Gasteiger partial charge on any atom is 0.268 e. The molecule has 0 aliphatic rings. The van der Waals surface area contributed by atoms with Crippen LogP contribution in [0.25, 0.3) is 22.2 Å². The fourth-order valence-corrected chi connectivity index (χ4v) is 5.42. The molecule has 0 saturated heterocycles. The second-order valence-electron chi connectivity index (χ2n) is 7.54. The minimum Gasteiger partial charge on any atom is -0.321 e. The van der Waals surface area contributed by atoms with Crippen molar-refractivity contribution < 1.29 is 13.2 Å². The van der Waals surface area contributed by atoms with Gasteiger partial charge in [0.2, 0.25) is 0 Å². The Morgan fingerprint density at radius 3 is 2.06 bits per heavy atom. The summed E-state index contributed by atoms with van der Waals surface area (Å²) in [5.74, 6) is -0.267. The van der Waals surface area contributed by atoms with Crippen molar-refractivity contribution in [1.82, 2.24) is 3.97 Å². The van der Waals surface area contributed by atoms with Crippen LogP contribution in [0.15, 0.2) is 120 Å². The second-order valence-corrected chi connectivity index (χ2v) is 9.32. The van der Waals surface area contributed by atoms with Crippen LogP contribution in [-0.4, -0.2) is 18.3 Å². The van der Waals surface area contributed by atoms with Crippen molar-refractivity contribution in [2.24, 2.45) is 0 Å². The molecule has 5 aromatic rings. The van der Waals surface area contributed by atoms with Gasteiger partial charge in [-0.2, -0.15) is 0 Å². The molecule has 0 saturated carbocycles. The van der Waals surface area contributed by atoms with Gasteiger partial charge in [-0.3, -0.25) is 4.79 Å². The minimum atomic E-state index is -3.89. The van der Waals surface area contributed by atoms with E-state index < -0.39 is 10.0 Å². The normalized spacial score (nSPS) is 11.4. The number of para-hydroxylation sites is 2. The molecule has 0 unspecified atom stereocenters. The molecule has 0 bridgehead atoms. The highest BCUT2D eigenvalue weighted by atomic mass is 32.2. The number of hydrogen-bond acceptors (Lipinski definition) is 3. The van der Waals surface area contributed by atoms with Gasteiger partial charge in [-0.25, -0.2) is 12.4 Å². The second kappa shape index (κ2) is 8.41. The zero-order valence-corrected chi connectivity index (χ0v) is 18.4. The molecule has 0 aliphatic carbocycles. The van der Waals surface area contributed by atoms with Gasteiger partial charge in [0, 0.05) is 16.5 Å². The minimum absolute atomic E-state index is 0.193. The molecule has 162 valence electrons. The van der Waals surface area contributed by atoms with Gasteiger partial charge in [0.1, 0.15) is 0 Å². The van der Waals surface area contributed by atoms with Crippen LogP contribution in [0, 0.1) is 0 Å². The van der Waals surface area contributed by atoms with E-state index in [1.165, 1.54) is 3.97 Å². The highest BCUT2D eigenvalue weighted by Crippen LogP contribution is 2.36. The van der Waals surface area contributed by atoms with E-state index in [0.717, 1.165) is 5.39 Å². The molecule has 4 aromatic carbocycles. The van der Waals surface area contributed by atoms with Crippen LogP contribution in [0.3, 0.4) is 0 Å². The van der Waals surface area contributed by atoms with Gasteiger partial charge in [0.05, 0.1) is 21.8 Å². The molecular weight excluding hydrogens is 432 g/mol. The number of rotatable bonds is 5. The van der Waals surface area contributed by atoms with E-state index in [0.29, 0.717) is 28.0 Å². The van der Waals surface area contributed by atoms with Crippen molar-refractivity contribution in [3.63, 3.8) is 0 Å². The monoisotopic (exact) mass is 452 g/mol. The van der Waals surface area contributed by atoms with Crippen LogP contribution in [0.5, 0.6) is 0 Å². The van der Waals surface area contributed by atoms with Crippen molar-refractivity contribution in [2.75, 3.05) is 5.32 Å². The van der Waals surface area contributed by atoms with E-state index in [1.54, 1.807) is 66.7 Å². The Morgan fingerprint density at radius 2 is 1.30 bits per heavy atom. The lowest BCUT2D eigenvalue weighted by Crippen LogP contribution is -2.16. The number of nitrogens with one attached hydrogen (secondary N) is 1. The highest BCUT2D eigenvalue weighted by molar-refractivity contribution is 7.90. The van der Waals surface area contributed by atoms with Crippen LogP contribution in [0.4, 0.5) is 5.69 Å². The molecule has 0 spiro atoms. The molecule has 0 aliphatic heterocycles. The average Bonchev–Trinajstić information content (AvgIpc) is 3.26. The molecule has 1 N–H and O–H groups in total. The molecule has 5 nitrogen and oxygen atoms in total. The number of nitrogens with zero attached hydrogens (tertiary/aromatic N) is 1. The zero-order chi connectivity index (χ0) is 22.8. The Bertz CT molecular complexity index is 1560. The standard InChI is InChI=1S/C27H20N2O3S/c30-27(20-11-3-1-4-12-20)28-24-17-9-8-16-23(24)26-19-21-13-7-10-18-25(21)29(26)33(31,32)22-14-5-2-6-15-22/h1-19H,(H,28,30). The number of benzene rings is 4. The molecule has 6 heteroatoms. The molecule has 1 heterocycles. The van der Waals surface area contributed by atoms with E-state index >= 15 is 0 Å². The predicted octanol–water partition coefficient (Wildman–Crippen LogP) is 5.80. The molecule has 33 heavy (non-hydrogen) atoms. The summed E-state index contributed by atoms with van der Waals surface area (Å²) in [5, 5.41) is 3.73. The quantitative estimate of drug-likeness (QED) is 0.367. The van der Waals surface area contributed by atoms with Gasteiger partial charge in [-0.05, 0) is 42.5 Å². The molecular formula is C27H20N2O3S. The first-order chi connectivity index (χ1) is 16.1. The van der Waals surface area contributed by atoms with Crippen LogP contribution < -0.4 is 5.32 Å². The summed E-state index contributed by atoms with van der Waals surface area (Å²) in [5.41, 5.74) is 2.70. The summed E-state index contributed by atoms with van der Waals surface area (Å²) in [6, 6.07) is 33.6. The Labute approximate surface area is 192 Å². The van der Waals surface area contributed by atoms with E-state index in [1.807, 2.05) is 48.5 Å². The zero-order valence-electron chi connectivity index (χ0n) is 17.5. The van der Waals surface area contributed by atoms with Gasteiger partial charge in [0.15, 0.2) is 0 Å². The van der Waals surface area contributed by atoms with Gasteiger partial charge in [-0.1, -0.05) is 72.8 Å². The number of carbonyl (C=O) groups is 1. The maximum absolute atomic E-state index is 13.7. The SMILES string of the molecule is O=C(Nc1ccccc1-c1cc2ccccc2n1S(=O)(=O)c1ccccc1)c1ccccc1. The van der Waals surface area contributed by atoms with E-state index in [9.17, 15) is 13.2 Å². The van der Waals surface area contributed by atoms with Crippen molar-refractivity contribution in [2.45, 2.75) is 4.90 Å². The predicted molar refractivity (Wildman–Crippen MR) is 131 cm³/mol. The largest absolute Gasteiger partial charge is 0.321 e. The number of aromatic nitrogens is 1. The van der Waals surface area contributed by atoms with E-state index in [4.69, 9.17) is 0 Å². The first-order valence-electron chi connectivity index (χ1n) is 10.4. The molecule has 0 radical (unpaired) electrons. The van der Waals surface area contributed by atoms with Gasteiger partial charge >= 0.3 is 0 Å². The Kier molecular flexibility index (Phi) is 5.28. The number of anilines is 1. The molecule has 5 rings (SSSR count). The van der Waals surface area contributed by atoms with Gasteiger partial charge < -0.3 is 5.32 Å². The summed E-state index contributed by atoms with van der Waals surface area (Å²) in [6.45, 7) is 0. The van der Waals surface area contributed by atoms with Crippen molar-refractivity contribution in [3.8, 4) is 11.3 Å². The van der Waals surface area contributed by atoms with Crippen molar-refractivity contribution in [3.05, 3.63) is 121 Å². The van der Waals surface area contributed by atoms with Gasteiger partial charge in [0.25, 0.3) is 15.9 Å². The third-order valence-electron chi connectivity index (χ3n) is 5.44. The van der Waals surface area contributed by atoms with Crippen LogP contribution in [-0.2, 0) is 10.0 Å². The Hall–Kier alpha value is -4.16. The Balaban J connectivity index is 1.70. The fourth-order valence-electron chi connectivity index (χ4n) is 3.87. The number of amides is 1. The van der Waals surface area contributed by atoms with Crippen LogP contribution in [0.2, 0.25) is 0 Å². The van der Waals surface area contributed by atoms with Crippen molar-refractivity contribution in [1.29, 1.82) is 0 Å². The molecule has 0 fully saturated rings. The lowest BCUT2D eigenvalue weighted by molar-refractivity contribution is 0.102. The molecule has 1 aromatic heterocycles. The van der Waals surface area contributed by atoms with E-state index in [-0.39, 0.29) is 10.8 Å². The third kappa shape index (κ3) is 3.81. The molecule has 0 atom stereocenters. The summed E-state index contributed by atoms with van der Waals surface area (Å²) in [4.78, 5) is 13.0. The first kappa shape index (κ1) is 20.7. The van der Waals surface area contributed by atoms with Gasteiger partial charge in [-0.15, -0.1) is 0 Å². The summed E-state index contributed by atoms with van der Waals surface area (Å²) in [6.07, 6.45) is 0. The summed E-state index contributed by atoms with van der Waals surface area (Å²) >= 11 is 0. The number of carbonyl (C=O) groups excluding carboxylic acids is 1. The summed E-state index contributed by atoms with van der Waals surface area (Å²) in [7, 11) is -3.89. The third-order valence-corrected chi connectivity index (χ3v) is 7.18. The van der Waals surface area contributed by atoms with Crippen LogP contribution >= 0.6 is 0 Å². The summed E-state index contributed by atoms with van der Waals surface area (Å²) < 4.78 is 28.8. The lowest BCUT2D eigenvalue weighted by Gasteiger charge is -2.15. The topological polar surface area (TPSA) is 68.2 Å². The van der Waals surface area contributed by atoms with Crippen molar-refractivity contribution >= 4 is 32.5 Å². The highest BCUT2D eigenvalue weighted by Gasteiger charge is 2.25. The maximum atomic E-state index is 13.7. The fraction of sp³-hybridized carbons (Fsp3) is 0. The first-order valence-corrected chi connectivity index (χ1v) is 11.9. The Morgan fingerprint density at radius 1 is 0.697 bits per heavy atom. The van der Waals surface area contributed by atoms with Crippen LogP contribution in [0.1, 0.15) is 10.4 Å². The average molecular weight is 453 g/mol. The molecule has 1 amide bonds.